The first-order valence-electron chi connectivity index (χ1n) is 9.36. The largest absolute Gasteiger partial charge is 0.508 e. The Morgan fingerprint density at radius 3 is 2.58 bits per heavy atom. The van der Waals surface area contributed by atoms with Gasteiger partial charge in [-0.3, -0.25) is 4.79 Å². The summed E-state index contributed by atoms with van der Waals surface area (Å²) in [5.41, 5.74) is 2.37. The van der Waals surface area contributed by atoms with Gasteiger partial charge in [0, 0.05) is 5.56 Å². The molecular formula is C21H29NO4. The molecule has 0 heterocycles. The van der Waals surface area contributed by atoms with Crippen LogP contribution in [0.1, 0.15) is 76.0 Å². The number of carbonyl (C=O) groups is 1. The molecule has 0 radical (unpaired) electrons. The number of ether oxygens (including phenoxy) is 1. The SMILES string of the molecule is COC(=O)[C@@]1(C)CCC[C@]2(C)c3cc(O)c(C(C)C)cc3C(=NO)C[C@@H]12. The minimum atomic E-state index is -0.637. The molecule has 1 aromatic rings. The molecule has 0 amide bonds. The van der Waals surface area contributed by atoms with E-state index in [-0.39, 0.29) is 29.0 Å². The Bertz CT molecular complexity index is 770. The molecule has 1 fully saturated rings. The Labute approximate surface area is 155 Å². The molecule has 2 aliphatic rings. The molecule has 0 aromatic heterocycles. The fourth-order valence-corrected chi connectivity index (χ4v) is 5.30. The summed E-state index contributed by atoms with van der Waals surface area (Å²) in [6.07, 6.45) is 3.12. The third kappa shape index (κ3) is 2.51. The highest BCUT2D eigenvalue weighted by Gasteiger charge is 2.57. The van der Waals surface area contributed by atoms with Crippen LogP contribution in [0.25, 0.3) is 0 Å². The van der Waals surface area contributed by atoms with Crippen LogP contribution < -0.4 is 0 Å². The standard InChI is InChI=1S/C21H29NO4/c1-12(2)13-9-14-15(10-17(13)23)20(3)7-6-8-21(4,19(24)26-5)18(20)11-16(14)22-25/h9-10,12,18,23,25H,6-8,11H2,1-5H3/t18-,20-,21+/m1/s1. The van der Waals surface area contributed by atoms with E-state index >= 15 is 0 Å². The molecule has 1 saturated carbocycles. The summed E-state index contributed by atoms with van der Waals surface area (Å²) in [5.74, 6) is 0.178. The molecular weight excluding hydrogens is 330 g/mol. The van der Waals surface area contributed by atoms with Crippen LogP contribution in [0.4, 0.5) is 0 Å². The average Bonchev–Trinajstić information content (AvgIpc) is 2.60. The summed E-state index contributed by atoms with van der Waals surface area (Å²) in [7, 11) is 1.43. The van der Waals surface area contributed by atoms with E-state index in [9.17, 15) is 15.1 Å². The van der Waals surface area contributed by atoms with E-state index in [2.05, 4.69) is 12.1 Å². The predicted octanol–water partition coefficient (Wildman–Crippen LogP) is 4.33. The van der Waals surface area contributed by atoms with Crippen molar-refractivity contribution in [2.45, 2.75) is 64.7 Å². The highest BCUT2D eigenvalue weighted by Crippen LogP contribution is 2.58. The lowest BCUT2D eigenvalue weighted by Gasteiger charge is -2.53. The van der Waals surface area contributed by atoms with Gasteiger partial charge in [-0.25, -0.2) is 0 Å². The Morgan fingerprint density at radius 1 is 1.31 bits per heavy atom. The Kier molecular flexibility index (Phi) is 4.53. The van der Waals surface area contributed by atoms with Gasteiger partial charge in [0.15, 0.2) is 0 Å². The predicted molar refractivity (Wildman–Crippen MR) is 100.0 cm³/mol. The maximum Gasteiger partial charge on any atom is 0.311 e. The quantitative estimate of drug-likeness (QED) is 0.468. The first kappa shape index (κ1) is 18.7. The Morgan fingerprint density at radius 2 is 2.00 bits per heavy atom. The number of aromatic hydroxyl groups is 1. The number of nitrogens with zero attached hydrogens (tertiary/aromatic N) is 1. The van der Waals surface area contributed by atoms with Gasteiger partial charge in [-0.05, 0) is 66.7 Å². The van der Waals surface area contributed by atoms with Crippen molar-refractivity contribution >= 4 is 11.7 Å². The van der Waals surface area contributed by atoms with Crippen molar-refractivity contribution in [2.75, 3.05) is 7.11 Å². The number of rotatable bonds is 2. The van der Waals surface area contributed by atoms with E-state index in [1.54, 1.807) is 0 Å². The number of hydrogen-bond donors (Lipinski definition) is 2. The number of esters is 1. The van der Waals surface area contributed by atoms with Gasteiger partial charge in [-0.15, -0.1) is 0 Å². The summed E-state index contributed by atoms with van der Waals surface area (Å²) >= 11 is 0. The van der Waals surface area contributed by atoms with E-state index in [0.717, 1.165) is 36.0 Å². The van der Waals surface area contributed by atoms with Crippen LogP contribution in [0.15, 0.2) is 17.3 Å². The molecule has 26 heavy (non-hydrogen) atoms. The van der Waals surface area contributed by atoms with Gasteiger partial charge >= 0.3 is 5.97 Å². The van der Waals surface area contributed by atoms with Crippen molar-refractivity contribution in [3.05, 3.63) is 28.8 Å². The number of carbonyl (C=O) groups excluding carboxylic acids is 1. The Balaban J connectivity index is 2.23. The third-order valence-electron chi connectivity index (χ3n) is 6.82. The zero-order valence-electron chi connectivity index (χ0n) is 16.3. The second kappa shape index (κ2) is 6.29. The number of hydrogen-bond acceptors (Lipinski definition) is 5. The topological polar surface area (TPSA) is 79.1 Å². The molecule has 3 rings (SSSR count). The smallest absolute Gasteiger partial charge is 0.311 e. The van der Waals surface area contributed by atoms with E-state index in [1.807, 2.05) is 32.9 Å². The molecule has 2 aliphatic carbocycles. The molecule has 3 atom stereocenters. The molecule has 0 saturated heterocycles. The Hall–Kier alpha value is -2.04. The van der Waals surface area contributed by atoms with Crippen LogP contribution in [0.5, 0.6) is 5.75 Å². The summed E-state index contributed by atoms with van der Waals surface area (Å²) in [6.45, 7) is 8.18. The van der Waals surface area contributed by atoms with Gasteiger partial charge in [-0.1, -0.05) is 32.3 Å². The van der Waals surface area contributed by atoms with Crippen LogP contribution in [-0.4, -0.2) is 29.1 Å². The number of phenols is 1. The summed E-state index contributed by atoms with van der Waals surface area (Å²) < 4.78 is 5.13. The normalized spacial score (nSPS) is 32.2. The molecule has 142 valence electrons. The second-order valence-electron chi connectivity index (χ2n) is 8.59. The third-order valence-corrected chi connectivity index (χ3v) is 6.82. The maximum atomic E-state index is 12.6. The van der Waals surface area contributed by atoms with Crippen molar-refractivity contribution in [1.29, 1.82) is 0 Å². The summed E-state index contributed by atoms with van der Waals surface area (Å²) in [6, 6.07) is 3.78. The molecule has 0 bridgehead atoms. The molecule has 0 aliphatic heterocycles. The number of methoxy groups -OCH3 is 1. The maximum absolute atomic E-state index is 12.6. The van der Waals surface area contributed by atoms with Gasteiger partial charge in [0.25, 0.3) is 0 Å². The molecule has 5 heteroatoms. The van der Waals surface area contributed by atoms with E-state index in [1.165, 1.54) is 7.11 Å². The van der Waals surface area contributed by atoms with Crippen molar-refractivity contribution < 1.29 is 19.8 Å². The number of benzene rings is 1. The number of oxime groups is 1. The molecule has 2 N–H and O–H groups in total. The molecule has 0 unspecified atom stereocenters. The highest BCUT2D eigenvalue weighted by molar-refractivity contribution is 6.04. The van der Waals surface area contributed by atoms with Crippen LogP contribution in [0.2, 0.25) is 0 Å². The van der Waals surface area contributed by atoms with Gasteiger partial charge in [-0.2, -0.15) is 0 Å². The fourth-order valence-electron chi connectivity index (χ4n) is 5.30. The van der Waals surface area contributed by atoms with Gasteiger partial charge in [0.1, 0.15) is 5.75 Å². The first-order chi connectivity index (χ1) is 12.2. The summed E-state index contributed by atoms with van der Waals surface area (Å²) in [4.78, 5) is 12.6. The van der Waals surface area contributed by atoms with Gasteiger partial charge in [0.05, 0.1) is 18.2 Å². The number of fused-ring (bicyclic) bond motifs is 3. The monoisotopic (exact) mass is 359 g/mol. The molecule has 0 spiro atoms. The summed E-state index contributed by atoms with van der Waals surface area (Å²) in [5, 5.41) is 23.9. The lowest BCUT2D eigenvalue weighted by molar-refractivity contribution is -0.160. The lowest BCUT2D eigenvalue weighted by atomic mass is 9.49. The van der Waals surface area contributed by atoms with Crippen LogP contribution in [-0.2, 0) is 14.9 Å². The van der Waals surface area contributed by atoms with Crippen LogP contribution in [0, 0.1) is 11.3 Å². The lowest BCUT2D eigenvalue weighted by Crippen LogP contribution is -2.53. The van der Waals surface area contributed by atoms with Gasteiger partial charge in [0.2, 0.25) is 0 Å². The van der Waals surface area contributed by atoms with Crippen molar-refractivity contribution in [1.82, 2.24) is 0 Å². The molecule has 5 nitrogen and oxygen atoms in total. The van der Waals surface area contributed by atoms with Crippen molar-refractivity contribution in [2.24, 2.45) is 16.5 Å². The fraction of sp³-hybridized carbons (Fsp3) is 0.619. The minimum Gasteiger partial charge on any atom is -0.508 e. The van der Waals surface area contributed by atoms with E-state index in [4.69, 9.17) is 4.74 Å². The highest BCUT2D eigenvalue weighted by atomic mass is 16.5. The van der Waals surface area contributed by atoms with Crippen LogP contribution in [0.3, 0.4) is 0 Å². The minimum absolute atomic E-state index is 0.0427. The van der Waals surface area contributed by atoms with Crippen molar-refractivity contribution in [3.63, 3.8) is 0 Å². The van der Waals surface area contributed by atoms with Crippen molar-refractivity contribution in [3.8, 4) is 5.75 Å². The average molecular weight is 359 g/mol. The number of phenolic OH excluding ortho intramolecular Hbond substituents is 1. The van der Waals surface area contributed by atoms with Gasteiger partial charge < -0.3 is 15.1 Å². The zero-order chi connectivity index (χ0) is 19.3. The van der Waals surface area contributed by atoms with E-state index < -0.39 is 5.41 Å². The van der Waals surface area contributed by atoms with E-state index in [0.29, 0.717) is 12.1 Å². The van der Waals surface area contributed by atoms with Crippen LogP contribution >= 0.6 is 0 Å². The first-order valence-corrected chi connectivity index (χ1v) is 9.36. The molecule has 1 aromatic carbocycles. The zero-order valence-corrected chi connectivity index (χ0v) is 16.3. The second-order valence-corrected chi connectivity index (χ2v) is 8.59.